The van der Waals surface area contributed by atoms with Crippen molar-refractivity contribution in [2.45, 2.75) is 18.9 Å². The fourth-order valence-electron chi connectivity index (χ4n) is 1.42. The van der Waals surface area contributed by atoms with Gasteiger partial charge in [0.1, 0.15) is 6.10 Å². The standard InChI is InChI=1S/C9H12IN3O/c10-7-5-12-9(13-6-7)14-8-1-3-11-4-2-8/h5-6,8,11H,1-4H2. The average molecular weight is 305 g/mol. The molecule has 1 aromatic rings. The number of hydrogen-bond donors (Lipinski definition) is 1. The molecule has 76 valence electrons. The molecule has 0 aromatic carbocycles. The molecule has 2 heterocycles. The fourth-order valence-corrected chi connectivity index (χ4v) is 1.70. The highest BCUT2D eigenvalue weighted by atomic mass is 127. The summed E-state index contributed by atoms with van der Waals surface area (Å²) in [6.45, 7) is 2.05. The van der Waals surface area contributed by atoms with Crippen molar-refractivity contribution in [3.05, 3.63) is 16.0 Å². The van der Waals surface area contributed by atoms with E-state index >= 15 is 0 Å². The van der Waals surface area contributed by atoms with Crippen molar-refractivity contribution in [3.8, 4) is 6.01 Å². The third-order valence-corrected chi connectivity index (χ3v) is 2.71. The molecule has 1 saturated heterocycles. The van der Waals surface area contributed by atoms with Crippen LogP contribution in [0.25, 0.3) is 0 Å². The van der Waals surface area contributed by atoms with Crippen LogP contribution in [0.3, 0.4) is 0 Å². The lowest BCUT2D eigenvalue weighted by Crippen LogP contribution is -2.34. The number of aromatic nitrogens is 2. The summed E-state index contributed by atoms with van der Waals surface area (Å²) in [5.41, 5.74) is 0. The summed E-state index contributed by atoms with van der Waals surface area (Å²) in [5.74, 6) is 0. The molecule has 1 aliphatic rings. The van der Waals surface area contributed by atoms with E-state index in [0.29, 0.717) is 6.01 Å². The Hall–Kier alpha value is -0.430. The van der Waals surface area contributed by atoms with Gasteiger partial charge in [0, 0.05) is 16.0 Å². The molecule has 0 saturated carbocycles. The SMILES string of the molecule is Ic1cnc(OC2CCNCC2)nc1. The van der Waals surface area contributed by atoms with Gasteiger partial charge < -0.3 is 10.1 Å². The van der Waals surface area contributed by atoms with E-state index < -0.39 is 0 Å². The highest BCUT2D eigenvalue weighted by molar-refractivity contribution is 14.1. The van der Waals surface area contributed by atoms with Crippen LogP contribution in [0.5, 0.6) is 6.01 Å². The molecule has 0 radical (unpaired) electrons. The Bertz CT molecular complexity index is 285. The third-order valence-electron chi connectivity index (χ3n) is 2.15. The van der Waals surface area contributed by atoms with E-state index in [1.54, 1.807) is 12.4 Å². The number of halogens is 1. The molecule has 0 amide bonds. The normalized spacial score (nSPS) is 18.1. The molecule has 4 nitrogen and oxygen atoms in total. The van der Waals surface area contributed by atoms with Gasteiger partial charge in [0.05, 0.1) is 0 Å². The lowest BCUT2D eigenvalue weighted by atomic mass is 10.1. The first-order valence-electron chi connectivity index (χ1n) is 4.69. The topological polar surface area (TPSA) is 47.0 Å². The molecular formula is C9H12IN3O. The van der Waals surface area contributed by atoms with Crippen LogP contribution in [0.15, 0.2) is 12.4 Å². The molecule has 1 aliphatic heterocycles. The van der Waals surface area contributed by atoms with Crippen molar-refractivity contribution in [2.24, 2.45) is 0 Å². The molecule has 1 fully saturated rings. The van der Waals surface area contributed by atoms with Gasteiger partial charge in [-0.3, -0.25) is 0 Å². The highest BCUT2D eigenvalue weighted by Gasteiger charge is 2.15. The van der Waals surface area contributed by atoms with E-state index in [-0.39, 0.29) is 6.10 Å². The van der Waals surface area contributed by atoms with Gasteiger partial charge >= 0.3 is 6.01 Å². The molecule has 1 aromatic heterocycles. The molecule has 0 unspecified atom stereocenters. The Morgan fingerprint density at radius 3 is 2.57 bits per heavy atom. The summed E-state index contributed by atoms with van der Waals surface area (Å²) in [6, 6.07) is 0.498. The Kier molecular flexibility index (Phi) is 3.52. The molecule has 0 aliphatic carbocycles. The first kappa shape index (κ1) is 10.1. The maximum Gasteiger partial charge on any atom is 0.316 e. The van der Waals surface area contributed by atoms with Crippen molar-refractivity contribution in [3.63, 3.8) is 0 Å². The molecular weight excluding hydrogens is 293 g/mol. The van der Waals surface area contributed by atoms with Crippen molar-refractivity contribution in [2.75, 3.05) is 13.1 Å². The van der Waals surface area contributed by atoms with E-state index in [4.69, 9.17) is 4.74 Å². The summed E-state index contributed by atoms with van der Waals surface area (Å²) in [7, 11) is 0. The lowest BCUT2D eigenvalue weighted by Gasteiger charge is -2.22. The monoisotopic (exact) mass is 305 g/mol. The van der Waals surface area contributed by atoms with Gasteiger partial charge in [-0.15, -0.1) is 0 Å². The average Bonchev–Trinajstić information content (AvgIpc) is 2.23. The maximum absolute atomic E-state index is 5.64. The quantitative estimate of drug-likeness (QED) is 0.835. The Balaban J connectivity index is 1.92. The van der Waals surface area contributed by atoms with Gasteiger partial charge in [-0.2, -0.15) is 0 Å². The highest BCUT2D eigenvalue weighted by Crippen LogP contribution is 2.11. The van der Waals surface area contributed by atoms with Crippen LogP contribution in [-0.2, 0) is 0 Å². The van der Waals surface area contributed by atoms with Gasteiger partial charge in [-0.1, -0.05) is 0 Å². The van der Waals surface area contributed by atoms with E-state index in [2.05, 4.69) is 37.9 Å². The van der Waals surface area contributed by atoms with Crippen molar-refractivity contribution in [1.29, 1.82) is 0 Å². The number of hydrogen-bond acceptors (Lipinski definition) is 4. The molecule has 1 N–H and O–H groups in total. The molecule has 0 bridgehead atoms. The van der Waals surface area contributed by atoms with Gasteiger partial charge in [0.25, 0.3) is 0 Å². The summed E-state index contributed by atoms with van der Waals surface area (Å²) < 4.78 is 6.67. The van der Waals surface area contributed by atoms with Gasteiger partial charge in [0.2, 0.25) is 0 Å². The fraction of sp³-hybridized carbons (Fsp3) is 0.556. The Morgan fingerprint density at radius 1 is 1.29 bits per heavy atom. The Morgan fingerprint density at radius 2 is 1.93 bits per heavy atom. The minimum absolute atomic E-state index is 0.274. The van der Waals surface area contributed by atoms with Crippen LogP contribution in [0, 0.1) is 3.57 Å². The number of rotatable bonds is 2. The largest absolute Gasteiger partial charge is 0.460 e. The molecule has 5 heteroatoms. The van der Waals surface area contributed by atoms with Crippen LogP contribution in [0.1, 0.15) is 12.8 Å². The predicted octanol–water partition coefficient (Wildman–Crippen LogP) is 1.21. The van der Waals surface area contributed by atoms with Crippen LogP contribution < -0.4 is 10.1 Å². The van der Waals surface area contributed by atoms with E-state index in [0.717, 1.165) is 29.5 Å². The summed E-state index contributed by atoms with van der Waals surface area (Å²) in [6.07, 6.45) is 5.88. The van der Waals surface area contributed by atoms with Gasteiger partial charge in [-0.05, 0) is 48.5 Å². The van der Waals surface area contributed by atoms with Crippen LogP contribution in [0.4, 0.5) is 0 Å². The summed E-state index contributed by atoms with van der Waals surface area (Å²) >= 11 is 2.18. The zero-order chi connectivity index (χ0) is 9.80. The van der Waals surface area contributed by atoms with E-state index in [1.165, 1.54) is 0 Å². The predicted molar refractivity (Wildman–Crippen MR) is 61.3 cm³/mol. The van der Waals surface area contributed by atoms with Crippen molar-refractivity contribution < 1.29 is 4.74 Å². The Labute approximate surface area is 96.6 Å². The molecule has 0 spiro atoms. The molecule has 14 heavy (non-hydrogen) atoms. The first-order valence-corrected chi connectivity index (χ1v) is 5.77. The van der Waals surface area contributed by atoms with Crippen LogP contribution in [0.2, 0.25) is 0 Å². The van der Waals surface area contributed by atoms with Crippen LogP contribution in [-0.4, -0.2) is 29.2 Å². The van der Waals surface area contributed by atoms with Gasteiger partial charge in [0.15, 0.2) is 0 Å². The van der Waals surface area contributed by atoms with E-state index in [1.807, 2.05) is 0 Å². The summed E-state index contributed by atoms with van der Waals surface area (Å²) in [4.78, 5) is 8.22. The zero-order valence-electron chi connectivity index (χ0n) is 7.74. The number of piperidine rings is 1. The third kappa shape index (κ3) is 2.78. The summed E-state index contributed by atoms with van der Waals surface area (Å²) in [5, 5.41) is 3.29. The minimum Gasteiger partial charge on any atom is -0.460 e. The second-order valence-corrected chi connectivity index (χ2v) is 4.50. The maximum atomic E-state index is 5.64. The number of nitrogens with zero attached hydrogens (tertiary/aromatic N) is 2. The van der Waals surface area contributed by atoms with Gasteiger partial charge in [-0.25, -0.2) is 9.97 Å². The minimum atomic E-state index is 0.274. The number of ether oxygens (including phenoxy) is 1. The smallest absolute Gasteiger partial charge is 0.316 e. The molecule has 2 rings (SSSR count). The van der Waals surface area contributed by atoms with Crippen molar-refractivity contribution in [1.82, 2.24) is 15.3 Å². The zero-order valence-corrected chi connectivity index (χ0v) is 9.90. The number of nitrogens with one attached hydrogen (secondary N) is 1. The lowest BCUT2D eigenvalue weighted by molar-refractivity contribution is 0.148. The second-order valence-electron chi connectivity index (χ2n) is 3.25. The van der Waals surface area contributed by atoms with E-state index in [9.17, 15) is 0 Å². The van der Waals surface area contributed by atoms with Crippen LogP contribution >= 0.6 is 22.6 Å². The van der Waals surface area contributed by atoms with Crippen molar-refractivity contribution >= 4 is 22.6 Å². The first-order chi connectivity index (χ1) is 6.84. The second kappa shape index (κ2) is 4.88. The molecule has 0 atom stereocenters.